The molecule has 0 aliphatic rings. The highest BCUT2D eigenvalue weighted by molar-refractivity contribution is 7.11. The zero-order valence-corrected chi connectivity index (χ0v) is 12.9. The van der Waals surface area contributed by atoms with Crippen LogP contribution < -0.4 is 5.32 Å². The Morgan fingerprint density at radius 1 is 1.42 bits per heavy atom. The molecule has 2 aromatic rings. The number of aryl methyl sites for hydroxylation is 1. The van der Waals surface area contributed by atoms with Gasteiger partial charge >= 0.3 is 0 Å². The van der Waals surface area contributed by atoms with E-state index < -0.39 is 0 Å². The lowest BCUT2D eigenvalue weighted by molar-refractivity contribution is 0.460. The van der Waals surface area contributed by atoms with Gasteiger partial charge in [-0.05, 0) is 26.0 Å². The van der Waals surface area contributed by atoms with Crippen LogP contribution in [0.25, 0.3) is 0 Å². The van der Waals surface area contributed by atoms with Gasteiger partial charge in [0.1, 0.15) is 10.8 Å². The lowest BCUT2D eigenvalue weighted by Crippen LogP contribution is -2.18. The van der Waals surface area contributed by atoms with E-state index in [4.69, 9.17) is 23.2 Å². The number of rotatable bonds is 4. The zero-order chi connectivity index (χ0) is 14.0. The number of phenols is 1. The van der Waals surface area contributed by atoms with Gasteiger partial charge in [0.15, 0.2) is 0 Å². The highest BCUT2D eigenvalue weighted by atomic mass is 35.5. The molecular formula is C13H14Cl2N2OS. The third-order valence-electron chi connectivity index (χ3n) is 2.72. The molecule has 102 valence electrons. The van der Waals surface area contributed by atoms with Gasteiger partial charge in [0, 0.05) is 28.2 Å². The SMILES string of the molecule is Cc1cnc(C(C)NCc2cc(Cl)cc(Cl)c2O)s1. The molecule has 0 saturated carbocycles. The Bertz CT molecular complexity index is 586. The number of hydrogen-bond acceptors (Lipinski definition) is 4. The Balaban J connectivity index is 2.06. The number of benzene rings is 1. The van der Waals surface area contributed by atoms with Crippen molar-refractivity contribution in [1.82, 2.24) is 10.3 Å². The van der Waals surface area contributed by atoms with Crippen LogP contribution in [-0.4, -0.2) is 10.1 Å². The number of halogens is 2. The first-order chi connectivity index (χ1) is 8.97. The maximum atomic E-state index is 9.87. The maximum absolute atomic E-state index is 9.87. The van der Waals surface area contributed by atoms with E-state index in [0.717, 1.165) is 5.01 Å². The second kappa shape index (κ2) is 6.09. The summed E-state index contributed by atoms with van der Waals surface area (Å²) in [6, 6.07) is 3.33. The standard InChI is InChI=1S/C13H14Cl2N2OS/c1-7-5-17-13(19-7)8(2)16-6-9-3-10(14)4-11(15)12(9)18/h3-5,8,16,18H,6H2,1-2H3. The van der Waals surface area contributed by atoms with E-state index in [1.807, 2.05) is 20.0 Å². The molecule has 0 aliphatic carbocycles. The van der Waals surface area contributed by atoms with Crippen LogP contribution >= 0.6 is 34.5 Å². The van der Waals surface area contributed by atoms with Gasteiger partial charge in [-0.1, -0.05) is 23.2 Å². The number of nitrogens with zero attached hydrogens (tertiary/aromatic N) is 1. The maximum Gasteiger partial charge on any atom is 0.138 e. The molecule has 0 spiro atoms. The summed E-state index contributed by atoms with van der Waals surface area (Å²) < 4.78 is 0. The van der Waals surface area contributed by atoms with Crippen molar-refractivity contribution in [3.63, 3.8) is 0 Å². The normalized spacial score (nSPS) is 12.6. The van der Waals surface area contributed by atoms with Crippen molar-refractivity contribution in [1.29, 1.82) is 0 Å². The van der Waals surface area contributed by atoms with Gasteiger partial charge in [0.05, 0.1) is 11.1 Å². The van der Waals surface area contributed by atoms with Crippen LogP contribution in [0.15, 0.2) is 18.3 Å². The highest BCUT2D eigenvalue weighted by Gasteiger charge is 2.12. The highest BCUT2D eigenvalue weighted by Crippen LogP contribution is 2.31. The van der Waals surface area contributed by atoms with Crippen LogP contribution in [-0.2, 0) is 6.54 Å². The predicted molar refractivity (Wildman–Crippen MR) is 80.2 cm³/mol. The molecule has 3 nitrogen and oxygen atoms in total. The topological polar surface area (TPSA) is 45.2 Å². The molecule has 0 radical (unpaired) electrons. The summed E-state index contributed by atoms with van der Waals surface area (Å²) in [5.74, 6) is 0.0704. The fourth-order valence-corrected chi connectivity index (χ4v) is 3.01. The van der Waals surface area contributed by atoms with Crippen LogP contribution in [0.1, 0.15) is 28.4 Å². The lowest BCUT2D eigenvalue weighted by atomic mass is 10.2. The zero-order valence-electron chi connectivity index (χ0n) is 10.6. The third kappa shape index (κ3) is 3.60. The molecular weight excluding hydrogens is 303 g/mol. The van der Waals surface area contributed by atoms with Crippen LogP contribution in [0.5, 0.6) is 5.75 Å². The van der Waals surface area contributed by atoms with Gasteiger partial charge in [-0.3, -0.25) is 0 Å². The summed E-state index contributed by atoms with van der Waals surface area (Å²) in [6.07, 6.45) is 1.85. The molecule has 1 unspecified atom stereocenters. The molecule has 0 saturated heterocycles. The Morgan fingerprint density at radius 3 is 2.79 bits per heavy atom. The van der Waals surface area contributed by atoms with E-state index in [0.29, 0.717) is 17.1 Å². The molecule has 1 heterocycles. The number of aromatic nitrogens is 1. The summed E-state index contributed by atoms with van der Waals surface area (Å²) in [5, 5.41) is 15.0. The predicted octanol–water partition coefficient (Wildman–Crippen LogP) is 4.31. The van der Waals surface area contributed by atoms with Gasteiger partial charge < -0.3 is 10.4 Å². The molecule has 0 bridgehead atoms. The summed E-state index contributed by atoms with van der Waals surface area (Å²) in [5.41, 5.74) is 0.678. The fraction of sp³-hybridized carbons (Fsp3) is 0.308. The third-order valence-corrected chi connectivity index (χ3v) is 4.32. The molecule has 0 amide bonds. The molecule has 0 aliphatic heterocycles. The van der Waals surface area contributed by atoms with Gasteiger partial charge in [-0.25, -0.2) is 4.98 Å². The Labute approximate surface area is 126 Å². The number of thiazole rings is 1. The molecule has 0 fully saturated rings. The Kier molecular flexibility index (Phi) is 4.68. The first kappa shape index (κ1) is 14.6. The van der Waals surface area contributed by atoms with Crippen molar-refractivity contribution < 1.29 is 5.11 Å². The van der Waals surface area contributed by atoms with Gasteiger partial charge in [-0.2, -0.15) is 0 Å². The molecule has 1 aromatic heterocycles. The molecule has 2 N–H and O–H groups in total. The van der Waals surface area contributed by atoms with Crippen LogP contribution in [0, 0.1) is 6.92 Å². The van der Waals surface area contributed by atoms with E-state index in [1.165, 1.54) is 10.9 Å². The molecule has 19 heavy (non-hydrogen) atoms. The monoisotopic (exact) mass is 316 g/mol. The van der Waals surface area contributed by atoms with Crippen LogP contribution in [0.4, 0.5) is 0 Å². The fourth-order valence-electron chi connectivity index (χ4n) is 1.68. The number of nitrogens with one attached hydrogen (secondary N) is 1. The van der Waals surface area contributed by atoms with Crippen molar-refractivity contribution >= 4 is 34.5 Å². The summed E-state index contributed by atoms with van der Waals surface area (Å²) in [4.78, 5) is 5.50. The van der Waals surface area contributed by atoms with Crippen molar-refractivity contribution in [2.24, 2.45) is 0 Å². The smallest absolute Gasteiger partial charge is 0.138 e. The minimum atomic E-state index is 0.0704. The van der Waals surface area contributed by atoms with Gasteiger partial charge in [0.25, 0.3) is 0 Å². The van der Waals surface area contributed by atoms with Crippen molar-refractivity contribution in [3.05, 3.63) is 43.8 Å². The number of aromatic hydroxyl groups is 1. The van der Waals surface area contributed by atoms with E-state index in [2.05, 4.69) is 10.3 Å². The molecule has 1 aromatic carbocycles. The van der Waals surface area contributed by atoms with Gasteiger partial charge in [0.2, 0.25) is 0 Å². The largest absolute Gasteiger partial charge is 0.506 e. The second-order valence-electron chi connectivity index (χ2n) is 4.31. The van der Waals surface area contributed by atoms with Crippen molar-refractivity contribution in [2.75, 3.05) is 0 Å². The quantitative estimate of drug-likeness (QED) is 0.883. The first-order valence-corrected chi connectivity index (χ1v) is 7.37. The number of phenolic OH excluding ortho intramolecular Hbond substituents is 1. The average molecular weight is 317 g/mol. The lowest BCUT2D eigenvalue weighted by Gasteiger charge is -2.13. The van der Waals surface area contributed by atoms with Crippen molar-refractivity contribution in [3.8, 4) is 5.75 Å². The van der Waals surface area contributed by atoms with Crippen molar-refractivity contribution in [2.45, 2.75) is 26.4 Å². The minimum Gasteiger partial charge on any atom is -0.506 e. The first-order valence-electron chi connectivity index (χ1n) is 5.80. The average Bonchev–Trinajstić information content (AvgIpc) is 2.78. The van der Waals surface area contributed by atoms with Crippen LogP contribution in [0.2, 0.25) is 10.0 Å². The summed E-state index contributed by atoms with van der Waals surface area (Å²) in [6.45, 7) is 4.53. The van der Waals surface area contributed by atoms with E-state index in [-0.39, 0.29) is 16.8 Å². The Hall–Kier alpha value is -0.810. The molecule has 1 atom stereocenters. The van der Waals surface area contributed by atoms with Crippen LogP contribution in [0.3, 0.4) is 0 Å². The van der Waals surface area contributed by atoms with Gasteiger partial charge in [-0.15, -0.1) is 11.3 Å². The summed E-state index contributed by atoms with van der Waals surface area (Å²) in [7, 11) is 0. The molecule has 6 heteroatoms. The van der Waals surface area contributed by atoms with E-state index in [1.54, 1.807) is 17.4 Å². The Morgan fingerprint density at radius 2 is 2.16 bits per heavy atom. The number of hydrogen-bond donors (Lipinski definition) is 2. The minimum absolute atomic E-state index is 0.0704. The van der Waals surface area contributed by atoms with E-state index >= 15 is 0 Å². The summed E-state index contributed by atoms with van der Waals surface area (Å²) >= 11 is 13.5. The second-order valence-corrected chi connectivity index (χ2v) is 6.42. The van der Waals surface area contributed by atoms with E-state index in [9.17, 15) is 5.11 Å². The molecule has 2 rings (SSSR count).